The fourth-order valence-corrected chi connectivity index (χ4v) is 15.1. The molecule has 0 heterocycles. The van der Waals surface area contributed by atoms with Crippen molar-refractivity contribution in [2.24, 2.45) is 105 Å². The summed E-state index contributed by atoms with van der Waals surface area (Å²) >= 11 is 0. The van der Waals surface area contributed by atoms with Crippen molar-refractivity contribution in [3.63, 3.8) is 0 Å². The van der Waals surface area contributed by atoms with Crippen LogP contribution >= 0.6 is 0 Å². The molecule has 0 aromatic heterocycles. The summed E-state index contributed by atoms with van der Waals surface area (Å²) in [6, 6.07) is 0. The maximum atomic E-state index is 2.85. The molecule has 226 valence electrons. The van der Waals surface area contributed by atoms with Crippen LogP contribution in [0, 0.1) is 105 Å². The molecule has 0 aromatic rings. The summed E-state index contributed by atoms with van der Waals surface area (Å²) in [5.41, 5.74) is 1.30. The molecular formula is C39H70. The first-order valence-electron chi connectivity index (χ1n) is 18.1. The van der Waals surface area contributed by atoms with E-state index in [1.165, 1.54) is 51.4 Å². The highest BCUT2D eigenvalue weighted by Gasteiger charge is 2.72. The van der Waals surface area contributed by atoms with E-state index < -0.39 is 0 Å². The van der Waals surface area contributed by atoms with Crippen molar-refractivity contribution in [2.45, 2.75) is 141 Å². The average Bonchev–Trinajstić information content (AvgIpc) is 3.40. The van der Waals surface area contributed by atoms with Crippen molar-refractivity contribution >= 4 is 0 Å². The van der Waals surface area contributed by atoms with Crippen molar-refractivity contribution in [1.29, 1.82) is 0 Å². The largest absolute Gasteiger partial charge is 0.0625 e. The van der Waals surface area contributed by atoms with Crippen LogP contribution in [0.1, 0.15) is 141 Å². The molecule has 5 rings (SSSR count). The standard InChI is InChI=1S/C39H70/c1-22(2)33-25(5)21-37(11)30(10)38(12)27(7)35-32(20-24(4)31-16-14-15-17-31)19-18-23(3)34(35)26(6)36(38)29(9)39(37,13)28(33)8/h22-36H,14-21H2,1-13H3. The fraction of sp³-hybridized carbons (Fsp3) is 1.00. The van der Waals surface area contributed by atoms with Gasteiger partial charge in [0.1, 0.15) is 0 Å². The SMILES string of the molecule is CC(C)C1C(C)CC2(C)C(C)C3(C)C(C)C4C(CC(C)C5CCCC5)CCC(C)C4C(C)C3C(C)C2(C)C1C. The van der Waals surface area contributed by atoms with Crippen LogP contribution < -0.4 is 0 Å². The first-order chi connectivity index (χ1) is 18.1. The molecule has 0 aliphatic heterocycles. The van der Waals surface area contributed by atoms with E-state index in [9.17, 15) is 0 Å². The second-order valence-corrected chi connectivity index (χ2v) is 18.3. The van der Waals surface area contributed by atoms with E-state index in [0.717, 1.165) is 88.8 Å². The van der Waals surface area contributed by atoms with Crippen LogP contribution in [0.2, 0.25) is 0 Å². The van der Waals surface area contributed by atoms with Crippen molar-refractivity contribution in [2.75, 3.05) is 0 Å². The molecule has 39 heavy (non-hydrogen) atoms. The maximum Gasteiger partial charge on any atom is -0.0212 e. The molecule has 0 aromatic carbocycles. The Morgan fingerprint density at radius 1 is 0.692 bits per heavy atom. The molecule has 0 nitrogen and oxygen atoms in total. The van der Waals surface area contributed by atoms with Crippen LogP contribution in [0.4, 0.5) is 0 Å². The third kappa shape index (κ3) is 4.07. The van der Waals surface area contributed by atoms with E-state index in [-0.39, 0.29) is 0 Å². The van der Waals surface area contributed by atoms with Gasteiger partial charge in [-0.3, -0.25) is 0 Å². The molecule has 0 bridgehead atoms. The van der Waals surface area contributed by atoms with Crippen LogP contribution in [0.25, 0.3) is 0 Å². The summed E-state index contributed by atoms with van der Waals surface area (Å²) < 4.78 is 0. The van der Waals surface area contributed by atoms with Crippen LogP contribution in [-0.2, 0) is 0 Å². The van der Waals surface area contributed by atoms with Gasteiger partial charge in [-0.15, -0.1) is 0 Å². The lowest BCUT2D eigenvalue weighted by molar-refractivity contribution is -0.294. The topological polar surface area (TPSA) is 0 Å². The highest BCUT2D eigenvalue weighted by atomic mass is 14.8. The maximum absolute atomic E-state index is 2.85. The molecule has 0 heteroatoms. The molecule has 0 spiro atoms. The molecule has 0 amide bonds. The second-order valence-electron chi connectivity index (χ2n) is 18.3. The van der Waals surface area contributed by atoms with Crippen LogP contribution in [0.15, 0.2) is 0 Å². The van der Waals surface area contributed by atoms with Crippen molar-refractivity contribution in [3.8, 4) is 0 Å². The Morgan fingerprint density at radius 3 is 1.90 bits per heavy atom. The zero-order valence-corrected chi connectivity index (χ0v) is 28.8. The summed E-state index contributed by atoms with van der Waals surface area (Å²) in [7, 11) is 0. The molecule has 5 aliphatic carbocycles. The first kappa shape index (κ1) is 30.5. The molecule has 0 N–H and O–H groups in total. The Labute approximate surface area is 246 Å². The van der Waals surface area contributed by atoms with Gasteiger partial charge >= 0.3 is 0 Å². The molecule has 5 aliphatic rings. The fourth-order valence-electron chi connectivity index (χ4n) is 15.1. The summed E-state index contributed by atoms with van der Waals surface area (Å²) in [5.74, 6) is 13.2. The Hall–Kier alpha value is 0. The molecule has 0 radical (unpaired) electrons. The number of hydrogen-bond acceptors (Lipinski definition) is 0. The Bertz CT molecular complexity index is 865. The van der Waals surface area contributed by atoms with Gasteiger partial charge in [-0.05, 0) is 124 Å². The molecule has 16 atom stereocenters. The van der Waals surface area contributed by atoms with Crippen molar-refractivity contribution in [1.82, 2.24) is 0 Å². The molecule has 5 fully saturated rings. The van der Waals surface area contributed by atoms with Gasteiger partial charge in [0, 0.05) is 0 Å². The van der Waals surface area contributed by atoms with Crippen molar-refractivity contribution in [3.05, 3.63) is 0 Å². The highest BCUT2D eigenvalue weighted by molar-refractivity contribution is 5.20. The lowest BCUT2D eigenvalue weighted by atomic mass is 9.28. The van der Waals surface area contributed by atoms with Gasteiger partial charge in [0.05, 0.1) is 0 Å². The highest BCUT2D eigenvalue weighted by Crippen LogP contribution is 2.78. The van der Waals surface area contributed by atoms with Crippen LogP contribution in [0.3, 0.4) is 0 Å². The second kappa shape index (κ2) is 10.3. The van der Waals surface area contributed by atoms with E-state index in [4.69, 9.17) is 0 Å². The van der Waals surface area contributed by atoms with Gasteiger partial charge in [0.2, 0.25) is 0 Å². The van der Waals surface area contributed by atoms with Gasteiger partial charge in [-0.2, -0.15) is 0 Å². The predicted molar refractivity (Wildman–Crippen MR) is 170 cm³/mol. The van der Waals surface area contributed by atoms with Crippen LogP contribution in [-0.4, -0.2) is 0 Å². The van der Waals surface area contributed by atoms with E-state index in [2.05, 4.69) is 90.0 Å². The van der Waals surface area contributed by atoms with Gasteiger partial charge < -0.3 is 0 Å². The number of hydrogen-bond donors (Lipinski definition) is 0. The summed E-state index contributed by atoms with van der Waals surface area (Å²) in [5, 5.41) is 0. The minimum Gasteiger partial charge on any atom is -0.0625 e. The van der Waals surface area contributed by atoms with Gasteiger partial charge in [0.25, 0.3) is 0 Å². The third-order valence-corrected chi connectivity index (χ3v) is 17.3. The normalized spacial score (nSPS) is 57.1. The zero-order chi connectivity index (χ0) is 28.8. The Balaban J connectivity index is 1.55. The lowest BCUT2D eigenvalue weighted by Crippen LogP contribution is -2.72. The average molecular weight is 539 g/mol. The minimum atomic E-state index is 0.424. The molecule has 5 saturated carbocycles. The Kier molecular flexibility index (Phi) is 8.06. The Morgan fingerprint density at radius 2 is 1.31 bits per heavy atom. The quantitative estimate of drug-likeness (QED) is 0.334. The number of rotatable bonds is 4. The predicted octanol–water partition coefficient (Wildman–Crippen LogP) is 11.6. The van der Waals surface area contributed by atoms with Gasteiger partial charge in [-0.1, -0.05) is 122 Å². The van der Waals surface area contributed by atoms with Crippen molar-refractivity contribution < 1.29 is 0 Å². The van der Waals surface area contributed by atoms with Crippen LogP contribution in [0.5, 0.6) is 0 Å². The van der Waals surface area contributed by atoms with E-state index in [1.807, 2.05) is 0 Å². The smallest absolute Gasteiger partial charge is 0.0212 e. The minimum absolute atomic E-state index is 0.424. The van der Waals surface area contributed by atoms with Gasteiger partial charge in [0.15, 0.2) is 0 Å². The summed E-state index contributed by atoms with van der Waals surface area (Å²) in [6.07, 6.45) is 12.0. The lowest BCUT2D eigenvalue weighted by Gasteiger charge is -2.77. The zero-order valence-electron chi connectivity index (χ0n) is 28.8. The molecule has 0 saturated heterocycles. The van der Waals surface area contributed by atoms with Gasteiger partial charge in [-0.25, -0.2) is 0 Å². The molecular weight excluding hydrogens is 468 g/mol. The third-order valence-electron chi connectivity index (χ3n) is 17.3. The van der Waals surface area contributed by atoms with E-state index >= 15 is 0 Å². The van der Waals surface area contributed by atoms with E-state index in [1.54, 1.807) is 0 Å². The molecule has 16 unspecified atom stereocenters. The monoisotopic (exact) mass is 539 g/mol. The summed E-state index contributed by atoms with van der Waals surface area (Å²) in [6.45, 7) is 35.3. The summed E-state index contributed by atoms with van der Waals surface area (Å²) in [4.78, 5) is 0. The number of fused-ring (bicyclic) bond motifs is 3. The van der Waals surface area contributed by atoms with E-state index in [0.29, 0.717) is 16.2 Å². The first-order valence-corrected chi connectivity index (χ1v) is 18.1.